The number of thiazole rings is 1. The Balaban J connectivity index is 0.912. The molecule has 4 aromatic heterocycles. The number of aliphatic hydroxyl groups excluding tert-OH is 1. The van der Waals surface area contributed by atoms with Gasteiger partial charge in [-0.3, -0.25) is 19.1 Å². The van der Waals surface area contributed by atoms with Gasteiger partial charge in [-0.1, -0.05) is 74.7 Å². The number of hydrogen-bond donors (Lipinski definition) is 5. The van der Waals surface area contributed by atoms with Crippen LogP contribution in [0, 0.1) is 19.8 Å². The van der Waals surface area contributed by atoms with Crippen LogP contribution in [-0.2, 0) is 20.9 Å². The number of aryl methyl sites for hydroxylation is 3. The maximum Gasteiger partial charge on any atom is 0.243 e. The molecule has 3 amide bonds. The number of carbonyl (C=O) groups is 3. The number of nitrogens with two attached hydrogens (primary N) is 1. The van der Waals surface area contributed by atoms with Gasteiger partial charge in [0.15, 0.2) is 5.82 Å². The van der Waals surface area contributed by atoms with Crippen LogP contribution in [0.5, 0.6) is 5.75 Å². The molecule has 17 heteroatoms. The number of anilines is 1. The fourth-order valence-corrected chi connectivity index (χ4v) is 9.02. The number of phenolic OH excluding ortho intramolecular Hbond substituents is 1. The second kappa shape index (κ2) is 20.8. The summed E-state index contributed by atoms with van der Waals surface area (Å²) in [5, 5.41) is 43.9. The van der Waals surface area contributed by atoms with Crippen LogP contribution in [0.2, 0.25) is 0 Å². The van der Waals surface area contributed by atoms with E-state index in [9.17, 15) is 24.6 Å². The molecule has 4 atom stereocenters. The zero-order valence-corrected chi connectivity index (χ0v) is 37.4. The first kappa shape index (κ1) is 45.6. The first-order chi connectivity index (χ1) is 30.9. The first-order valence-corrected chi connectivity index (χ1v) is 22.7. The van der Waals surface area contributed by atoms with Gasteiger partial charge in [-0.05, 0) is 61.9 Å². The summed E-state index contributed by atoms with van der Waals surface area (Å²) >= 11 is 1.54. The summed E-state index contributed by atoms with van der Waals surface area (Å²) in [5.41, 5.74) is 13.9. The molecule has 0 radical (unpaired) electrons. The van der Waals surface area contributed by atoms with Gasteiger partial charge in [-0.25, -0.2) is 4.98 Å². The second-order valence-corrected chi connectivity index (χ2v) is 17.7. The maximum atomic E-state index is 14.1. The zero-order valence-electron chi connectivity index (χ0n) is 36.6. The molecule has 64 heavy (non-hydrogen) atoms. The highest BCUT2D eigenvalue weighted by Gasteiger charge is 2.43. The van der Waals surface area contributed by atoms with E-state index in [0.717, 1.165) is 65.9 Å². The SMILES string of the molecule is Cc1cc([C@@H](C(=O)N2C[C@H](O)C[C@H]2C(=O)N[C@@H](CC(=O)NCCCCCCCn2cc(-c3cc(-c4ccccc4O)nnc3N)cn2)c2ccc(-c3scnc3C)cc2)C(C)C)on1. The Morgan fingerprint density at radius 3 is 2.45 bits per heavy atom. The normalized spacial score (nSPS) is 15.9. The van der Waals surface area contributed by atoms with Gasteiger partial charge in [0.25, 0.3) is 0 Å². The van der Waals surface area contributed by atoms with E-state index in [2.05, 4.69) is 36.1 Å². The lowest BCUT2D eigenvalue weighted by atomic mass is 9.91. The number of amides is 3. The van der Waals surface area contributed by atoms with Crippen molar-refractivity contribution in [3.05, 3.63) is 101 Å². The highest BCUT2D eigenvalue weighted by Crippen LogP contribution is 2.34. The minimum absolute atomic E-state index is 0.00883. The van der Waals surface area contributed by atoms with Crippen LogP contribution in [0.1, 0.15) is 93.5 Å². The van der Waals surface area contributed by atoms with Crippen molar-refractivity contribution in [1.82, 2.24) is 45.7 Å². The molecule has 2 aromatic carbocycles. The molecule has 0 saturated carbocycles. The number of phenols is 1. The van der Waals surface area contributed by atoms with Crippen LogP contribution >= 0.6 is 11.3 Å². The van der Waals surface area contributed by atoms with E-state index in [1.165, 1.54) is 4.90 Å². The number of likely N-dealkylation sites (tertiary alicyclic amines) is 1. The number of β-amino-alcohol motifs (C(OH)–C–C–N with tert-alkyl or cyclic N) is 1. The highest BCUT2D eigenvalue weighted by atomic mass is 32.1. The molecule has 0 spiro atoms. The van der Waals surface area contributed by atoms with Gasteiger partial charge in [-0.15, -0.1) is 21.5 Å². The summed E-state index contributed by atoms with van der Waals surface area (Å²) in [6.07, 6.45) is 7.47. The summed E-state index contributed by atoms with van der Waals surface area (Å²) in [6, 6.07) is 16.6. The number of para-hydroxylation sites is 1. The largest absolute Gasteiger partial charge is 0.507 e. The van der Waals surface area contributed by atoms with Crippen molar-refractivity contribution < 1.29 is 29.1 Å². The molecule has 1 fully saturated rings. The third kappa shape index (κ3) is 11.0. The van der Waals surface area contributed by atoms with E-state index in [0.29, 0.717) is 34.8 Å². The molecule has 5 heterocycles. The third-order valence-electron chi connectivity index (χ3n) is 11.6. The third-order valence-corrected chi connectivity index (χ3v) is 12.6. The molecule has 1 aliphatic rings. The van der Waals surface area contributed by atoms with Crippen LogP contribution in [-0.4, -0.2) is 88.2 Å². The molecule has 0 bridgehead atoms. The zero-order chi connectivity index (χ0) is 45.3. The van der Waals surface area contributed by atoms with Crippen molar-refractivity contribution >= 4 is 34.9 Å². The van der Waals surface area contributed by atoms with Gasteiger partial charge in [0.2, 0.25) is 17.7 Å². The van der Waals surface area contributed by atoms with Gasteiger partial charge in [0.05, 0.1) is 52.2 Å². The Labute approximate surface area is 376 Å². The average Bonchev–Trinajstić information content (AvgIpc) is 4.10. The topological polar surface area (TPSA) is 228 Å². The Bertz CT molecular complexity index is 2530. The number of carbonyl (C=O) groups excluding carboxylic acids is 3. The van der Waals surface area contributed by atoms with Crippen LogP contribution in [0.4, 0.5) is 5.82 Å². The van der Waals surface area contributed by atoms with Gasteiger partial charge in [-0.2, -0.15) is 5.10 Å². The standard InChI is InChI=1S/C47H56N10O6S/c1-28(2)43(41-20-29(3)55-63-41)47(62)57-26-34(58)21-39(57)46(61)52-37(31-14-16-32(17-15-31)44-30(4)50-27-64-44)23-42(60)49-18-10-6-5-7-11-19-56-25-33(24-51-56)36-22-38(53-54-45(36)48)35-12-8-9-13-40(35)59/h8-9,12-17,20,22,24-25,27-28,34,37,39,43,58-59H,5-7,10-11,18-19,21,23,26H2,1-4H3,(H2,48,54)(H,49,60)(H,52,61)/t34-,37+,39+,43+/m1/s1. The summed E-state index contributed by atoms with van der Waals surface area (Å²) < 4.78 is 7.37. The summed E-state index contributed by atoms with van der Waals surface area (Å²) in [4.78, 5) is 48.5. The van der Waals surface area contributed by atoms with Crippen molar-refractivity contribution in [3.63, 3.8) is 0 Å². The molecular formula is C47H56N10O6S. The Morgan fingerprint density at radius 1 is 0.969 bits per heavy atom. The number of benzene rings is 2. The number of aromatic hydroxyl groups is 1. The number of nitrogens with one attached hydrogen (secondary N) is 2. The van der Waals surface area contributed by atoms with E-state index < -0.39 is 30.0 Å². The average molecular weight is 889 g/mol. The highest BCUT2D eigenvalue weighted by molar-refractivity contribution is 7.13. The number of aromatic nitrogens is 6. The molecule has 0 aliphatic carbocycles. The number of aliphatic hydroxyl groups is 1. The maximum absolute atomic E-state index is 14.1. The predicted octanol–water partition coefficient (Wildman–Crippen LogP) is 6.74. The minimum atomic E-state index is -0.936. The van der Waals surface area contributed by atoms with Crippen molar-refractivity contribution in [1.29, 1.82) is 0 Å². The Morgan fingerprint density at radius 2 is 1.73 bits per heavy atom. The lowest BCUT2D eigenvalue weighted by Crippen LogP contribution is -2.49. The van der Waals surface area contributed by atoms with Gasteiger partial charge >= 0.3 is 0 Å². The second-order valence-electron chi connectivity index (χ2n) is 16.8. The van der Waals surface area contributed by atoms with Crippen LogP contribution < -0.4 is 16.4 Å². The fraction of sp³-hybridized carbons (Fsp3) is 0.404. The molecule has 6 N–H and O–H groups in total. The quantitative estimate of drug-likeness (QED) is 0.0533. The lowest BCUT2D eigenvalue weighted by Gasteiger charge is -2.30. The van der Waals surface area contributed by atoms with E-state index >= 15 is 0 Å². The Kier molecular flexibility index (Phi) is 14.8. The predicted molar refractivity (Wildman–Crippen MR) is 244 cm³/mol. The molecular weight excluding hydrogens is 833 g/mol. The van der Waals surface area contributed by atoms with Crippen LogP contribution in [0.25, 0.3) is 32.8 Å². The number of unbranched alkanes of at least 4 members (excludes halogenated alkanes) is 4. The number of rotatable bonds is 19. The van der Waals surface area contributed by atoms with Crippen molar-refractivity contribution in [2.24, 2.45) is 5.92 Å². The molecule has 7 rings (SSSR count). The van der Waals surface area contributed by atoms with E-state index in [-0.39, 0.29) is 48.7 Å². The number of hydrogen-bond acceptors (Lipinski definition) is 13. The fourth-order valence-electron chi connectivity index (χ4n) is 8.21. The lowest BCUT2D eigenvalue weighted by molar-refractivity contribution is -0.141. The van der Waals surface area contributed by atoms with Gasteiger partial charge < -0.3 is 36.0 Å². The number of nitrogen functional groups attached to an aromatic ring is 1. The van der Waals surface area contributed by atoms with Crippen LogP contribution in [0.15, 0.2) is 83.1 Å². The summed E-state index contributed by atoms with van der Waals surface area (Å²) in [5.74, 6) is -0.990. The smallest absolute Gasteiger partial charge is 0.243 e. The summed E-state index contributed by atoms with van der Waals surface area (Å²) in [6.45, 7) is 8.77. The molecule has 1 saturated heterocycles. The van der Waals surface area contributed by atoms with Gasteiger partial charge in [0.1, 0.15) is 23.5 Å². The molecule has 16 nitrogen and oxygen atoms in total. The Hall–Kier alpha value is -6.46. The monoisotopic (exact) mass is 888 g/mol. The first-order valence-electron chi connectivity index (χ1n) is 21.8. The minimum Gasteiger partial charge on any atom is -0.507 e. The van der Waals surface area contributed by atoms with Gasteiger partial charge in [0, 0.05) is 55.0 Å². The van der Waals surface area contributed by atoms with Crippen molar-refractivity contribution in [2.75, 3.05) is 18.8 Å². The van der Waals surface area contributed by atoms with E-state index in [4.69, 9.17) is 10.3 Å². The van der Waals surface area contributed by atoms with E-state index in [1.54, 1.807) is 60.3 Å². The number of nitrogens with zero attached hydrogens (tertiary/aromatic N) is 7. The molecule has 0 unspecified atom stereocenters. The van der Waals surface area contributed by atoms with E-state index in [1.807, 2.05) is 62.0 Å². The summed E-state index contributed by atoms with van der Waals surface area (Å²) in [7, 11) is 0. The molecule has 6 aromatic rings. The van der Waals surface area contributed by atoms with Crippen molar-refractivity contribution in [3.8, 4) is 38.6 Å². The molecule has 1 aliphatic heterocycles. The molecule has 336 valence electrons. The van der Waals surface area contributed by atoms with Crippen LogP contribution in [0.3, 0.4) is 0 Å². The van der Waals surface area contributed by atoms with Crippen molar-refractivity contribution in [2.45, 2.75) is 103 Å².